The minimum absolute atomic E-state index is 0.227. The summed E-state index contributed by atoms with van der Waals surface area (Å²) in [4.78, 5) is 36.8. The van der Waals surface area contributed by atoms with Gasteiger partial charge in [0.05, 0.1) is 11.0 Å². The highest BCUT2D eigenvalue weighted by molar-refractivity contribution is 8.01. The lowest BCUT2D eigenvalue weighted by molar-refractivity contribution is -0.145. The van der Waals surface area contributed by atoms with E-state index in [1.165, 1.54) is 11.8 Å². The Bertz CT molecular complexity index is 580. The van der Waals surface area contributed by atoms with E-state index >= 15 is 0 Å². The molecule has 0 radical (unpaired) electrons. The number of carbonyl (C=O) groups is 3. The van der Waals surface area contributed by atoms with Crippen LogP contribution >= 0.6 is 11.8 Å². The first-order chi connectivity index (χ1) is 9.86. The van der Waals surface area contributed by atoms with Crippen molar-refractivity contribution < 1.29 is 14.4 Å². The highest BCUT2D eigenvalue weighted by Crippen LogP contribution is 2.20. The maximum atomic E-state index is 12.0. The molecule has 21 heavy (non-hydrogen) atoms. The Morgan fingerprint density at radius 1 is 1.29 bits per heavy atom. The first kappa shape index (κ1) is 15.6. The fourth-order valence-corrected chi connectivity index (χ4v) is 3.06. The van der Waals surface area contributed by atoms with E-state index in [4.69, 9.17) is 0 Å². The number of anilines is 1. The summed E-state index contributed by atoms with van der Waals surface area (Å²) in [5, 5.41) is 2.45. The lowest BCUT2D eigenvalue weighted by Gasteiger charge is -2.27. The summed E-state index contributed by atoms with van der Waals surface area (Å²) >= 11 is 1.30. The second kappa shape index (κ2) is 6.30. The molecule has 1 saturated heterocycles. The van der Waals surface area contributed by atoms with Gasteiger partial charge < -0.3 is 5.32 Å². The average Bonchev–Trinajstić information content (AvgIpc) is 2.38. The van der Waals surface area contributed by atoms with Crippen molar-refractivity contribution >= 4 is 35.2 Å². The summed E-state index contributed by atoms with van der Waals surface area (Å²) in [6.45, 7) is 5.41. The maximum Gasteiger partial charge on any atom is 0.244 e. The van der Waals surface area contributed by atoms with Crippen LogP contribution < -0.4 is 5.32 Å². The molecule has 0 aliphatic carbocycles. The van der Waals surface area contributed by atoms with Gasteiger partial charge in [0.1, 0.15) is 6.54 Å². The van der Waals surface area contributed by atoms with Crippen molar-refractivity contribution in [3.05, 3.63) is 29.3 Å². The minimum atomic E-state index is -0.360. The minimum Gasteiger partial charge on any atom is -0.325 e. The number of aryl methyl sites for hydroxylation is 2. The normalized spacial score (nSPS) is 18.8. The summed E-state index contributed by atoms with van der Waals surface area (Å²) in [5.41, 5.74) is 2.76. The van der Waals surface area contributed by atoms with Crippen LogP contribution in [-0.4, -0.2) is 40.2 Å². The Balaban J connectivity index is 2.04. The maximum absolute atomic E-state index is 12.0. The zero-order valence-electron chi connectivity index (χ0n) is 12.3. The largest absolute Gasteiger partial charge is 0.325 e. The van der Waals surface area contributed by atoms with E-state index in [1.807, 2.05) is 32.0 Å². The summed E-state index contributed by atoms with van der Waals surface area (Å²) in [6.07, 6.45) is 0. The summed E-state index contributed by atoms with van der Waals surface area (Å²) < 4.78 is 0. The van der Waals surface area contributed by atoms with Crippen molar-refractivity contribution in [1.82, 2.24) is 4.90 Å². The molecular weight excluding hydrogens is 288 g/mol. The van der Waals surface area contributed by atoms with E-state index in [9.17, 15) is 14.4 Å². The first-order valence-corrected chi connectivity index (χ1v) is 7.75. The molecule has 1 heterocycles. The number of hydrogen-bond acceptors (Lipinski definition) is 4. The highest BCUT2D eigenvalue weighted by Gasteiger charge is 2.33. The number of nitrogens with zero attached hydrogens (tertiary/aromatic N) is 1. The molecule has 5 nitrogen and oxygen atoms in total. The second-order valence-electron chi connectivity index (χ2n) is 5.20. The molecule has 2 rings (SSSR count). The van der Waals surface area contributed by atoms with Crippen molar-refractivity contribution in [3.8, 4) is 0 Å². The molecule has 0 unspecified atom stereocenters. The lowest BCUT2D eigenvalue weighted by atomic mass is 10.1. The molecule has 1 aliphatic heterocycles. The standard InChI is InChI=1S/C15H18N2O3S/c1-9-4-10(2)6-12(5-9)16-13(18)7-17-14(19)8-21-11(3)15(17)20/h4-6,11H,7-8H2,1-3H3,(H,16,18)/t11-/m1/s1. The monoisotopic (exact) mass is 306 g/mol. The van der Waals surface area contributed by atoms with Gasteiger partial charge in [0.2, 0.25) is 17.7 Å². The van der Waals surface area contributed by atoms with Crippen LogP contribution in [0.15, 0.2) is 18.2 Å². The third-order valence-electron chi connectivity index (χ3n) is 3.18. The van der Waals surface area contributed by atoms with Gasteiger partial charge in [0.15, 0.2) is 0 Å². The number of carbonyl (C=O) groups excluding carboxylic acids is 3. The van der Waals surface area contributed by atoms with E-state index in [-0.39, 0.29) is 35.3 Å². The van der Waals surface area contributed by atoms with Crippen LogP contribution in [0.3, 0.4) is 0 Å². The predicted molar refractivity (Wildman–Crippen MR) is 83.2 cm³/mol. The van der Waals surface area contributed by atoms with Gasteiger partial charge in [-0.1, -0.05) is 6.07 Å². The number of amides is 3. The average molecular weight is 306 g/mol. The molecular formula is C15H18N2O3S. The van der Waals surface area contributed by atoms with Crippen molar-refractivity contribution in [2.75, 3.05) is 17.6 Å². The zero-order valence-corrected chi connectivity index (χ0v) is 13.1. The second-order valence-corrected chi connectivity index (χ2v) is 6.53. The molecule has 0 bridgehead atoms. The molecule has 1 aromatic carbocycles. The smallest absolute Gasteiger partial charge is 0.244 e. The molecule has 6 heteroatoms. The third kappa shape index (κ3) is 3.85. The Hall–Kier alpha value is -1.82. The van der Waals surface area contributed by atoms with E-state index in [2.05, 4.69) is 5.32 Å². The SMILES string of the molecule is Cc1cc(C)cc(NC(=O)CN2C(=O)CS[C@H](C)C2=O)c1. The van der Waals surface area contributed by atoms with Crippen LogP contribution in [0.4, 0.5) is 5.69 Å². The van der Waals surface area contributed by atoms with Crippen molar-refractivity contribution in [2.24, 2.45) is 0 Å². The van der Waals surface area contributed by atoms with Crippen LogP contribution in [0.2, 0.25) is 0 Å². The van der Waals surface area contributed by atoms with Crippen LogP contribution in [0, 0.1) is 13.8 Å². The Kier molecular flexibility index (Phi) is 4.67. The van der Waals surface area contributed by atoms with E-state index in [1.54, 1.807) is 6.92 Å². The molecule has 0 saturated carbocycles. The van der Waals surface area contributed by atoms with Crippen LogP contribution in [0.1, 0.15) is 18.1 Å². The van der Waals surface area contributed by atoms with Gasteiger partial charge in [-0.05, 0) is 44.0 Å². The fourth-order valence-electron chi connectivity index (χ4n) is 2.24. The van der Waals surface area contributed by atoms with Gasteiger partial charge in [0.25, 0.3) is 0 Å². The van der Waals surface area contributed by atoms with E-state index < -0.39 is 0 Å². The Labute approximate surface area is 128 Å². The molecule has 112 valence electrons. The van der Waals surface area contributed by atoms with Gasteiger partial charge in [-0.3, -0.25) is 19.3 Å². The third-order valence-corrected chi connectivity index (χ3v) is 4.29. The molecule has 0 aromatic heterocycles. The van der Waals surface area contributed by atoms with Crippen LogP contribution in [0.25, 0.3) is 0 Å². The molecule has 1 N–H and O–H groups in total. The van der Waals surface area contributed by atoms with Crippen LogP contribution in [-0.2, 0) is 14.4 Å². The van der Waals surface area contributed by atoms with Gasteiger partial charge in [-0.25, -0.2) is 0 Å². The molecule has 1 fully saturated rings. The quantitative estimate of drug-likeness (QED) is 0.864. The molecule has 0 spiro atoms. The zero-order chi connectivity index (χ0) is 15.6. The lowest BCUT2D eigenvalue weighted by Crippen LogP contribution is -2.49. The number of hydrogen-bond donors (Lipinski definition) is 1. The summed E-state index contributed by atoms with van der Waals surface area (Å²) in [6, 6.07) is 5.71. The Morgan fingerprint density at radius 2 is 1.90 bits per heavy atom. The molecule has 1 atom stereocenters. The topological polar surface area (TPSA) is 66.5 Å². The van der Waals surface area contributed by atoms with Crippen molar-refractivity contribution in [2.45, 2.75) is 26.0 Å². The molecule has 3 amide bonds. The number of nitrogens with one attached hydrogen (secondary N) is 1. The van der Waals surface area contributed by atoms with Crippen molar-refractivity contribution in [3.63, 3.8) is 0 Å². The van der Waals surface area contributed by atoms with Crippen molar-refractivity contribution in [1.29, 1.82) is 0 Å². The van der Waals surface area contributed by atoms with Gasteiger partial charge in [-0.2, -0.15) is 0 Å². The van der Waals surface area contributed by atoms with E-state index in [0.29, 0.717) is 5.69 Å². The molecule has 1 aliphatic rings. The van der Waals surface area contributed by atoms with Crippen LogP contribution in [0.5, 0.6) is 0 Å². The predicted octanol–water partition coefficient (Wildman–Crippen LogP) is 1.73. The highest BCUT2D eigenvalue weighted by atomic mass is 32.2. The number of thioether (sulfide) groups is 1. The fraction of sp³-hybridized carbons (Fsp3) is 0.400. The Morgan fingerprint density at radius 3 is 2.52 bits per heavy atom. The summed E-state index contributed by atoms with van der Waals surface area (Å²) in [7, 11) is 0. The molecule has 1 aromatic rings. The number of imide groups is 1. The first-order valence-electron chi connectivity index (χ1n) is 6.71. The van der Waals surface area contributed by atoms with Gasteiger partial charge in [0, 0.05) is 5.69 Å². The number of rotatable bonds is 3. The van der Waals surface area contributed by atoms with E-state index in [0.717, 1.165) is 16.0 Å². The summed E-state index contributed by atoms with van der Waals surface area (Å²) in [5.74, 6) is -0.727. The van der Waals surface area contributed by atoms with Gasteiger partial charge in [-0.15, -0.1) is 11.8 Å². The number of benzene rings is 1. The van der Waals surface area contributed by atoms with Gasteiger partial charge >= 0.3 is 0 Å².